The van der Waals surface area contributed by atoms with Gasteiger partial charge in [-0.25, -0.2) is 0 Å². The molecule has 0 saturated heterocycles. The van der Waals surface area contributed by atoms with Gasteiger partial charge in [-0.1, -0.05) is 13.8 Å². The van der Waals surface area contributed by atoms with E-state index in [-0.39, 0.29) is 0 Å². The number of hydrogen-bond acceptors (Lipinski definition) is 3. The van der Waals surface area contributed by atoms with Crippen molar-refractivity contribution in [3.63, 3.8) is 0 Å². The fourth-order valence-corrected chi connectivity index (χ4v) is 2.69. The number of nitrogens with one attached hydrogen (secondary N) is 1. The second kappa shape index (κ2) is 8.59. The lowest BCUT2D eigenvalue weighted by Gasteiger charge is -2.15. The minimum absolute atomic E-state index is 0.699. The zero-order chi connectivity index (χ0) is 12.5. The quantitative estimate of drug-likeness (QED) is 0.543. The van der Waals surface area contributed by atoms with E-state index in [1.54, 1.807) is 0 Å². The molecular weight excluding hydrogens is 230 g/mol. The second-order valence-corrected chi connectivity index (χ2v) is 5.57. The molecule has 0 saturated carbocycles. The molecule has 0 aromatic carbocycles. The Labute approximate surface area is 109 Å². The molecule has 17 heavy (non-hydrogen) atoms. The molecule has 0 bridgehead atoms. The zero-order valence-electron chi connectivity index (χ0n) is 11.3. The molecule has 0 fully saturated rings. The zero-order valence-corrected chi connectivity index (χ0v) is 12.1. The van der Waals surface area contributed by atoms with E-state index in [9.17, 15) is 0 Å². The van der Waals surface area contributed by atoms with Crippen LogP contribution in [0, 0.1) is 0 Å². The Kier molecular flexibility index (Phi) is 7.37. The Morgan fingerprint density at radius 1 is 1.47 bits per heavy atom. The molecule has 98 valence electrons. The van der Waals surface area contributed by atoms with Gasteiger partial charge in [-0.05, 0) is 38.0 Å². The Morgan fingerprint density at radius 2 is 2.29 bits per heavy atom. The lowest BCUT2D eigenvalue weighted by atomic mass is 10.1. The van der Waals surface area contributed by atoms with Gasteiger partial charge in [0.2, 0.25) is 0 Å². The highest BCUT2D eigenvalue weighted by molar-refractivity contribution is 7.99. The molecule has 3 nitrogen and oxygen atoms in total. The van der Waals surface area contributed by atoms with E-state index in [4.69, 9.17) is 0 Å². The van der Waals surface area contributed by atoms with Crippen LogP contribution in [0.1, 0.15) is 39.5 Å². The van der Waals surface area contributed by atoms with Crippen LogP contribution in [0.25, 0.3) is 0 Å². The van der Waals surface area contributed by atoms with Crippen molar-refractivity contribution in [3.8, 4) is 0 Å². The standard InChI is InChI=1S/C13H25N3S/c1-4-8-14-12(5-2)7-6-9-17-13-10-15-16(3)11-13/h10-12,14H,4-9H2,1-3H3. The minimum atomic E-state index is 0.699. The lowest BCUT2D eigenvalue weighted by molar-refractivity contribution is 0.465. The highest BCUT2D eigenvalue weighted by Crippen LogP contribution is 2.18. The Morgan fingerprint density at radius 3 is 2.88 bits per heavy atom. The van der Waals surface area contributed by atoms with Crippen LogP contribution in [0.2, 0.25) is 0 Å². The van der Waals surface area contributed by atoms with Crippen LogP contribution in [0.4, 0.5) is 0 Å². The van der Waals surface area contributed by atoms with E-state index in [0.717, 1.165) is 6.54 Å². The van der Waals surface area contributed by atoms with Crippen molar-refractivity contribution >= 4 is 11.8 Å². The van der Waals surface area contributed by atoms with Gasteiger partial charge in [0.25, 0.3) is 0 Å². The average Bonchev–Trinajstić information content (AvgIpc) is 2.74. The third kappa shape index (κ3) is 6.13. The van der Waals surface area contributed by atoms with E-state index in [2.05, 4.69) is 30.5 Å². The maximum atomic E-state index is 4.17. The van der Waals surface area contributed by atoms with E-state index >= 15 is 0 Å². The summed E-state index contributed by atoms with van der Waals surface area (Å²) in [7, 11) is 1.96. The van der Waals surface area contributed by atoms with Crippen molar-refractivity contribution in [2.45, 2.75) is 50.5 Å². The SMILES string of the molecule is CCCNC(CC)CCCSc1cnn(C)c1. The number of thioether (sulfide) groups is 1. The van der Waals surface area contributed by atoms with Crippen LogP contribution < -0.4 is 5.32 Å². The van der Waals surface area contributed by atoms with E-state index in [1.165, 1.54) is 36.3 Å². The number of rotatable bonds is 9. The van der Waals surface area contributed by atoms with Gasteiger partial charge in [0, 0.05) is 24.2 Å². The van der Waals surface area contributed by atoms with Crippen LogP contribution in [0.3, 0.4) is 0 Å². The topological polar surface area (TPSA) is 29.9 Å². The molecule has 1 aromatic heterocycles. The van der Waals surface area contributed by atoms with Crippen molar-refractivity contribution in [1.29, 1.82) is 0 Å². The van der Waals surface area contributed by atoms with Gasteiger partial charge in [-0.3, -0.25) is 4.68 Å². The van der Waals surface area contributed by atoms with Crippen molar-refractivity contribution in [2.75, 3.05) is 12.3 Å². The van der Waals surface area contributed by atoms with Crippen LogP contribution in [0.5, 0.6) is 0 Å². The predicted molar refractivity (Wildman–Crippen MR) is 75.5 cm³/mol. The molecule has 0 spiro atoms. The number of aromatic nitrogens is 2. The van der Waals surface area contributed by atoms with Crippen LogP contribution in [0.15, 0.2) is 17.3 Å². The second-order valence-electron chi connectivity index (χ2n) is 4.40. The maximum Gasteiger partial charge on any atom is 0.0625 e. The first-order valence-corrected chi connectivity index (χ1v) is 7.59. The monoisotopic (exact) mass is 255 g/mol. The largest absolute Gasteiger partial charge is 0.314 e. The van der Waals surface area contributed by atoms with Crippen molar-refractivity contribution in [3.05, 3.63) is 12.4 Å². The summed E-state index contributed by atoms with van der Waals surface area (Å²) in [5, 5.41) is 7.77. The first-order chi connectivity index (χ1) is 8.26. The molecule has 1 atom stereocenters. The van der Waals surface area contributed by atoms with Crippen molar-refractivity contribution in [1.82, 2.24) is 15.1 Å². The fraction of sp³-hybridized carbons (Fsp3) is 0.769. The summed E-state index contributed by atoms with van der Waals surface area (Å²) >= 11 is 1.91. The van der Waals surface area contributed by atoms with E-state index in [0.29, 0.717) is 6.04 Å². The third-order valence-corrected chi connectivity index (χ3v) is 3.86. The summed E-state index contributed by atoms with van der Waals surface area (Å²) < 4.78 is 1.86. The first-order valence-electron chi connectivity index (χ1n) is 6.61. The van der Waals surface area contributed by atoms with Gasteiger partial charge in [0.1, 0.15) is 0 Å². The molecule has 0 amide bonds. The Balaban J connectivity index is 2.09. The third-order valence-electron chi connectivity index (χ3n) is 2.82. The van der Waals surface area contributed by atoms with Gasteiger partial charge in [-0.2, -0.15) is 5.10 Å². The number of aryl methyl sites for hydroxylation is 1. The van der Waals surface area contributed by atoms with Gasteiger partial charge in [0.15, 0.2) is 0 Å². The molecule has 0 aliphatic heterocycles. The van der Waals surface area contributed by atoms with Crippen LogP contribution in [-0.4, -0.2) is 28.1 Å². The first kappa shape index (κ1) is 14.6. The van der Waals surface area contributed by atoms with Gasteiger partial charge < -0.3 is 5.32 Å². The summed E-state index contributed by atoms with van der Waals surface area (Å²) in [6, 6.07) is 0.699. The summed E-state index contributed by atoms with van der Waals surface area (Å²) in [6.45, 7) is 5.63. The van der Waals surface area contributed by atoms with Crippen LogP contribution in [-0.2, 0) is 7.05 Å². The maximum absolute atomic E-state index is 4.17. The Hall–Kier alpha value is -0.480. The summed E-state index contributed by atoms with van der Waals surface area (Å²) in [4.78, 5) is 1.28. The van der Waals surface area contributed by atoms with E-state index < -0.39 is 0 Å². The molecule has 1 N–H and O–H groups in total. The molecule has 1 unspecified atom stereocenters. The van der Waals surface area contributed by atoms with Crippen molar-refractivity contribution in [2.24, 2.45) is 7.05 Å². The Bertz CT molecular complexity index is 299. The van der Waals surface area contributed by atoms with Crippen molar-refractivity contribution < 1.29 is 0 Å². The lowest BCUT2D eigenvalue weighted by Crippen LogP contribution is -2.29. The molecular formula is C13H25N3S. The highest BCUT2D eigenvalue weighted by atomic mass is 32.2. The molecule has 0 radical (unpaired) electrons. The fourth-order valence-electron chi connectivity index (χ4n) is 1.79. The normalized spacial score (nSPS) is 12.9. The number of nitrogens with zero attached hydrogens (tertiary/aromatic N) is 2. The molecule has 0 aliphatic carbocycles. The van der Waals surface area contributed by atoms with Gasteiger partial charge >= 0.3 is 0 Å². The molecule has 4 heteroatoms. The summed E-state index contributed by atoms with van der Waals surface area (Å²) in [5.41, 5.74) is 0. The highest BCUT2D eigenvalue weighted by Gasteiger charge is 2.04. The number of hydrogen-bond donors (Lipinski definition) is 1. The molecule has 0 aliphatic rings. The predicted octanol–water partition coefficient (Wildman–Crippen LogP) is 3.07. The summed E-state index contributed by atoms with van der Waals surface area (Å²) in [5.74, 6) is 1.19. The van der Waals surface area contributed by atoms with Gasteiger partial charge in [0.05, 0.1) is 6.20 Å². The smallest absolute Gasteiger partial charge is 0.0625 e. The average molecular weight is 255 g/mol. The van der Waals surface area contributed by atoms with Gasteiger partial charge in [-0.15, -0.1) is 11.8 Å². The minimum Gasteiger partial charge on any atom is -0.314 e. The molecule has 1 aromatic rings. The molecule has 1 heterocycles. The summed E-state index contributed by atoms with van der Waals surface area (Å²) in [6.07, 6.45) is 9.03. The molecule has 1 rings (SSSR count). The van der Waals surface area contributed by atoms with Crippen LogP contribution >= 0.6 is 11.8 Å². The van der Waals surface area contributed by atoms with E-state index in [1.807, 2.05) is 29.7 Å².